The van der Waals surface area contributed by atoms with Gasteiger partial charge in [0, 0.05) is 0 Å². The van der Waals surface area contributed by atoms with Crippen molar-refractivity contribution in [1.29, 1.82) is 0 Å². The molecule has 2 heteroatoms. The van der Waals surface area contributed by atoms with E-state index in [4.69, 9.17) is 4.42 Å². The fourth-order valence-electron chi connectivity index (χ4n) is 2.44. The van der Waals surface area contributed by atoms with Crippen molar-refractivity contribution in [2.45, 2.75) is 45.1 Å². The maximum atomic E-state index is 5.56. The van der Waals surface area contributed by atoms with Crippen LogP contribution in [0.1, 0.15) is 50.8 Å². The van der Waals surface area contributed by atoms with Crippen LogP contribution in [0.25, 0.3) is 0 Å². The molecule has 0 spiro atoms. The lowest BCUT2D eigenvalue weighted by Gasteiger charge is -2.25. The SMILES string of the molecule is CCCCC(c1ccco1)N1CCCC1. The number of likely N-dealkylation sites (tertiary alicyclic amines) is 1. The van der Waals surface area contributed by atoms with E-state index in [9.17, 15) is 0 Å². The minimum Gasteiger partial charge on any atom is -0.468 e. The van der Waals surface area contributed by atoms with Gasteiger partial charge in [0.15, 0.2) is 0 Å². The number of furan rings is 1. The van der Waals surface area contributed by atoms with Gasteiger partial charge in [0.1, 0.15) is 5.76 Å². The fourth-order valence-corrected chi connectivity index (χ4v) is 2.44. The molecule has 1 aliphatic rings. The summed E-state index contributed by atoms with van der Waals surface area (Å²) in [5.74, 6) is 1.16. The second-order valence-corrected chi connectivity index (χ2v) is 4.42. The van der Waals surface area contributed by atoms with Crippen LogP contribution in [0, 0.1) is 0 Å². The molecule has 2 nitrogen and oxygen atoms in total. The Morgan fingerprint density at radius 1 is 1.40 bits per heavy atom. The molecule has 0 bridgehead atoms. The van der Waals surface area contributed by atoms with Gasteiger partial charge in [-0.2, -0.15) is 0 Å². The van der Waals surface area contributed by atoms with E-state index in [0.29, 0.717) is 6.04 Å². The second kappa shape index (κ2) is 5.36. The zero-order valence-electron chi connectivity index (χ0n) is 9.61. The first-order valence-electron chi connectivity index (χ1n) is 6.19. The van der Waals surface area contributed by atoms with Crippen LogP contribution in [0.5, 0.6) is 0 Å². The van der Waals surface area contributed by atoms with Crippen molar-refractivity contribution in [1.82, 2.24) is 4.90 Å². The molecule has 1 aromatic rings. The number of unbranched alkanes of at least 4 members (excludes halogenated alkanes) is 1. The van der Waals surface area contributed by atoms with Gasteiger partial charge in [-0.3, -0.25) is 4.90 Å². The van der Waals surface area contributed by atoms with Gasteiger partial charge in [0.05, 0.1) is 12.3 Å². The van der Waals surface area contributed by atoms with Gasteiger partial charge < -0.3 is 4.42 Å². The Bertz CT molecular complexity index is 262. The van der Waals surface area contributed by atoms with Crippen molar-refractivity contribution >= 4 is 0 Å². The van der Waals surface area contributed by atoms with Crippen LogP contribution in [-0.4, -0.2) is 18.0 Å². The highest BCUT2D eigenvalue weighted by molar-refractivity contribution is 5.05. The molecule has 1 aromatic heterocycles. The predicted molar refractivity (Wildman–Crippen MR) is 61.8 cm³/mol. The zero-order valence-corrected chi connectivity index (χ0v) is 9.61. The van der Waals surface area contributed by atoms with Crippen LogP contribution < -0.4 is 0 Å². The predicted octanol–water partition coefficient (Wildman–Crippen LogP) is 3.61. The van der Waals surface area contributed by atoms with E-state index in [-0.39, 0.29) is 0 Å². The standard InChI is InChI=1S/C13H21NO/c1-2-3-7-12(13-8-6-11-15-13)14-9-4-5-10-14/h6,8,11-12H,2-5,7,9-10H2,1H3. The molecule has 0 saturated carbocycles. The van der Waals surface area contributed by atoms with Crippen LogP contribution in [0.4, 0.5) is 0 Å². The van der Waals surface area contributed by atoms with E-state index in [1.807, 2.05) is 6.07 Å². The Kier molecular flexibility index (Phi) is 3.84. The van der Waals surface area contributed by atoms with Gasteiger partial charge in [0.2, 0.25) is 0 Å². The number of hydrogen-bond acceptors (Lipinski definition) is 2. The molecule has 0 N–H and O–H groups in total. The highest BCUT2D eigenvalue weighted by atomic mass is 16.3. The van der Waals surface area contributed by atoms with E-state index in [1.165, 1.54) is 45.2 Å². The lowest BCUT2D eigenvalue weighted by molar-refractivity contribution is 0.200. The number of rotatable bonds is 5. The summed E-state index contributed by atoms with van der Waals surface area (Å²) in [6.45, 7) is 4.74. The summed E-state index contributed by atoms with van der Waals surface area (Å²) >= 11 is 0. The molecule has 15 heavy (non-hydrogen) atoms. The summed E-state index contributed by atoms with van der Waals surface area (Å²) in [4.78, 5) is 2.58. The third-order valence-corrected chi connectivity index (χ3v) is 3.28. The van der Waals surface area contributed by atoms with Gasteiger partial charge in [-0.15, -0.1) is 0 Å². The molecule has 0 radical (unpaired) electrons. The molecule has 1 saturated heterocycles. The molecule has 1 atom stereocenters. The summed E-state index contributed by atoms with van der Waals surface area (Å²) in [6.07, 6.45) is 8.30. The number of nitrogens with zero attached hydrogens (tertiary/aromatic N) is 1. The largest absolute Gasteiger partial charge is 0.468 e. The van der Waals surface area contributed by atoms with Gasteiger partial charge in [-0.05, 0) is 44.5 Å². The summed E-state index contributed by atoms with van der Waals surface area (Å²) < 4.78 is 5.56. The Hall–Kier alpha value is -0.760. The molecule has 2 rings (SSSR count). The molecule has 0 amide bonds. The summed E-state index contributed by atoms with van der Waals surface area (Å²) in [7, 11) is 0. The molecule has 2 heterocycles. The first kappa shape index (κ1) is 10.7. The van der Waals surface area contributed by atoms with Crippen LogP contribution in [0.15, 0.2) is 22.8 Å². The average molecular weight is 207 g/mol. The maximum absolute atomic E-state index is 5.56. The van der Waals surface area contributed by atoms with Crippen molar-refractivity contribution < 1.29 is 4.42 Å². The quantitative estimate of drug-likeness (QED) is 0.733. The summed E-state index contributed by atoms with van der Waals surface area (Å²) in [5.41, 5.74) is 0. The topological polar surface area (TPSA) is 16.4 Å². The Morgan fingerprint density at radius 2 is 2.20 bits per heavy atom. The molecule has 0 aliphatic carbocycles. The van der Waals surface area contributed by atoms with Crippen molar-refractivity contribution in [2.75, 3.05) is 13.1 Å². The van der Waals surface area contributed by atoms with Gasteiger partial charge in [-0.1, -0.05) is 19.8 Å². The average Bonchev–Trinajstić information content (AvgIpc) is 2.90. The molecule has 84 valence electrons. The fraction of sp³-hybridized carbons (Fsp3) is 0.692. The summed E-state index contributed by atoms with van der Waals surface area (Å²) in [6, 6.07) is 4.66. The number of hydrogen-bond donors (Lipinski definition) is 0. The van der Waals surface area contributed by atoms with Crippen molar-refractivity contribution in [2.24, 2.45) is 0 Å². The monoisotopic (exact) mass is 207 g/mol. The van der Waals surface area contributed by atoms with Crippen molar-refractivity contribution in [3.8, 4) is 0 Å². The van der Waals surface area contributed by atoms with Gasteiger partial charge in [0.25, 0.3) is 0 Å². The Morgan fingerprint density at radius 3 is 2.80 bits per heavy atom. The third-order valence-electron chi connectivity index (χ3n) is 3.28. The lowest BCUT2D eigenvalue weighted by atomic mass is 10.1. The van der Waals surface area contributed by atoms with E-state index in [1.54, 1.807) is 6.26 Å². The smallest absolute Gasteiger partial charge is 0.120 e. The van der Waals surface area contributed by atoms with E-state index >= 15 is 0 Å². The lowest BCUT2D eigenvalue weighted by Crippen LogP contribution is -2.25. The highest BCUT2D eigenvalue weighted by Gasteiger charge is 2.24. The molecule has 0 aromatic carbocycles. The Balaban J connectivity index is 2.01. The minimum atomic E-state index is 0.530. The van der Waals surface area contributed by atoms with Gasteiger partial charge in [-0.25, -0.2) is 0 Å². The van der Waals surface area contributed by atoms with E-state index in [2.05, 4.69) is 17.9 Å². The van der Waals surface area contributed by atoms with Crippen LogP contribution in [-0.2, 0) is 0 Å². The highest BCUT2D eigenvalue weighted by Crippen LogP contribution is 2.29. The first-order chi connectivity index (χ1) is 7.42. The first-order valence-corrected chi connectivity index (χ1v) is 6.19. The van der Waals surface area contributed by atoms with E-state index < -0.39 is 0 Å². The third kappa shape index (κ3) is 2.63. The second-order valence-electron chi connectivity index (χ2n) is 4.42. The molecule has 1 aliphatic heterocycles. The van der Waals surface area contributed by atoms with Crippen LogP contribution in [0.3, 0.4) is 0 Å². The Labute approximate surface area is 92.3 Å². The van der Waals surface area contributed by atoms with Crippen LogP contribution in [0.2, 0.25) is 0 Å². The zero-order chi connectivity index (χ0) is 10.5. The molecule has 1 fully saturated rings. The normalized spacial score (nSPS) is 19.5. The molecule has 1 unspecified atom stereocenters. The van der Waals surface area contributed by atoms with Crippen LogP contribution >= 0.6 is 0 Å². The maximum Gasteiger partial charge on any atom is 0.120 e. The molecular weight excluding hydrogens is 186 g/mol. The summed E-state index contributed by atoms with van der Waals surface area (Å²) in [5, 5.41) is 0. The van der Waals surface area contributed by atoms with Gasteiger partial charge >= 0.3 is 0 Å². The van der Waals surface area contributed by atoms with Crippen molar-refractivity contribution in [3.05, 3.63) is 24.2 Å². The molecular formula is C13H21NO. The van der Waals surface area contributed by atoms with E-state index in [0.717, 1.165) is 5.76 Å². The minimum absolute atomic E-state index is 0.530. The van der Waals surface area contributed by atoms with Crippen molar-refractivity contribution in [3.63, 3.8) is 0 Å².